The molecule has 1 heterocycles. The first-order chi connectivity index (χ1) is 13.4. The van der Waals surface area contributed by atoms with Gasteiger partial charge in [0.1, 0.15) is 5.75 Å². The van der Waals surface area contributed by atoms with Crippen molar-refractivity contribution < 1.29 is 22.7 Å². The van der Waals surface area contributed by atoms with Crippen LogP contribution in [0.4, 0.5) is 5.69 Å². The number of hydrogen-bond acceptors (Lipinski definition) is 5. The molecule has 8 nitrogen and oxygen atoms in total. The molecule has 1 N–H and O–H groups in total. The summed E-state index contributed by atoms with van der Waals surface area (Å²) in [5.41, 5.74) is 0.581. The maximum atomic E-state index is 13.2. The zero-order chi connectivity index (χ0) is 20.6. The largest absolute Gasteiger partial charge is 0.494 e. The monoisotopic (exact) mass is 413 g/mol. The van der Waals surface area contributed by atoms with Crippen LogP contribution in [-0.4, -0.2) is 65.1 Å². The summed E-state index contributed by atoms with van der Waals surface area (Å²) < 4.78 is 39.6. The van der Waals surface area contributed by atoms with Gasteiger partial charge in [0.05, 0.1) is 24.8 Å². The van der Waals surface area contributed by atoms with Gasteiger partial charge in [0, 0.05) is 33.3 Å². The molecule has 0 aliphatic carbocycles. The number of amides is 1. The predicted octanol–water partition coefficient (Wildman–Crippen LogP) is 1.63. The van der Waals surface area contributed by atoms with Crippen molar-refractivity contribution >= 4 is 21.8 Å². The van der Waals surface area contributed by atoms with E-state index in [4.69, 9.17) is 9.47 Å². The van der Waals surface area contributed by atoms with E-state index in [9.17, 15) is 13.2 Å². The van der Waals surface area contributed by atoms with Crippen LogP contribution >= 0.6 is 0 Å². The van der Waals surface area contributed by atoms with Crippen LogP contribution in [0.15, 0.2) is 24.3 Å². The molecule has 0 aromatic heterocycles. The highest BCUT2D eigenvalue weighted by atomic mass is 32.2. The predicted molar refractivity (Wildman–Crippen MR) is 109 cm³/mol. The fraction of sp³-hybridized carbons (Fsp3) is 0.632. The van der Waals surface area contributed by atoms with Gasteiger partial charge in [0.2, 0.25) is 5.91 Å². The number of methoxy groups -OCH3 is 1. The minimum Gasteiger partial charge on any atom is -0.494 e. The number of benzene rings is 1. The summed E-state index contributed by atoms with van der Waals surface area (Å²) in [6.07, 6.45) is 1.34. The Labute approximate surface area is 168 Å². The summed E-state index contributed by atoms with van der Waals surface area (Å²) in [6.45, 7) is 6.01. The lowest BCUT2D eigenvalue weighted by Gasteiger charge is -2.35. The molecule has 28 heavy (non-hydrogen) atoms. The second-order valence-electron chi connectivity index (χ2n) is 6.58. The van der Waals surface area contributed by atoms with Crippen LogP contribution in [0.25, 0.3) is 0 Å². The summed E-state index contributed by atoms with van der Waals surface area (Å²) >= 11 is 0. The summed E-state index contributed by atoms with van der Waals surface area (Å²) in [7, 11) is -2.15. The van der Waals surface area contributed by atoms with Crippen molar-refractivity contribution in [3.63, 3.8) is 0 Å². The molecule has 158 valence electrons. The standard InChI is InChI=1S/C19H31N3O5S/c1-4-22(17-8-10-18(11-9-17)27-5-2)28(24,25)21-13-6-7-16(15-21)19(23)20-12-14-26-3/h8-11,16H,4-7,12-15H2,1-3H3,(H,20,23). The zero-order valence-electron chi connectivity index (χ0n) is 16.9. The zero-order valence-corrected chi connectivity index (χ0v) is 17.7. The third kappa shape index (κ3) is 5.59. The van der Waals surface area contributed by atoms with Gasteiger partial charge >= 0.3 is 10.2 Å². The highest BCUT2D eigenvalue weighted by Gasteiger charge is 2.35. The number of nitrogens with zero attached hydrogens (tertiary/aromatic N) is 2. The highest BCUT2D eigenvalue weighted by Crippen LogP contribution is 2.26. The maximum absolute atomic E-state index is 13.2. The topological polar surface area (TPSA) is 88.2 Å². The van der Waals surface area contributed by atoms with Crippen LogP contribution in [0.3, 0.4) is 0 Å². The lowest BCUT2D eigenvalue weighted by Crippen LogP contribution is -2.50. The van der Waals surface area contributed by atoms with Crippen molar-refractivity contribution in [1.29, 1.82) is 0 Å². The lowest BCUT2D eigenvalue weighted by atomic mass is 9.99. The molecule has 1 aliphatic rings. The van der Waals surface area contributed by atoms with Crippen LogP contribution in [-0.2, 0) is 19.7 Å². The van der Waals surface area contributed by atoms with E-state index in [0.717, 1.165) is 0 Å². The number of piperidine rings is 1. The number of ether oxygens (including phenoxy) is 2. The molecule has 1 unspecified atom stereocenters. The quantitative estimate of drug-likeness (QED) is 0.589. The Bertz CT molecular complexity index is 724. The number of hydrogen-bond donors (Lipinski definition) is 1. The first-order valence-corrected chi connectivity index (χ1v) is 11.1. The molecule has 1 aromatic rings. The van der Waals surface area contributed by atoms with Crippen molar-refractivity contribution in [2.75, 3.05) is 50.8 Å². The number of carbonyl (C=O) groups is 1. The van der Waals surface area contributed by atoms with E-state index < -0.39 is 10.2 Å². The molecule has 9 heteroatoms. The summed E-state index contributed by atoms with van der Waals surface area (Å²) in [4.78, 5) is 12.3. The van der Waals surface area contributed by atoms with E-state index in [0.29, 0.717) is 57.1 Å². The normalized spacial score (nSPS) is 17.9. The third-order valence-electron chi connectivity index (χ3n) is 4.69. The molecule has 0 radical (unpaired) electrons. The Hall–Kier alpha value is -1.84. The van der Waals surface area contributed by atoms with E-state index in [1.807, 2.05) is 6.92 Å². The van der Waals surface area contributed by atoms with Crippen molar-refractivity contribution in [1.82, 2.24) is 9.62 Å². The molecule has 0 saturated carbocycles. The number of carbonyl (C=O) groups excluding carboxylic acids is 1. The van der Waals surface area contributed by atoms with Gasteiger partial charge in [0.25, 0.3) is 0 Å². The fourth-order valence-electron chi connectivity index (χ4n) is 3.28. The molecular weight excluding hydrogens is 382 g/mol. The number of anilines is 1. The number of nitrogens with one attached hydrogen (secondary N) is 1. The van der Waals surface area contributed by atoms with Gasteiger partial charge in [-0.2, -0.15) is 12.7 Å². The van der Waals surface area contributed by atoms with Gasteiger partial charge < -0.3 is 14.8 Å². The molecule has 1 saturated heterocycles. The van der Waals surface area contributed by atoms with Crippen molar-refractivity contribution in [3.05, 3.63) is 24.3 Å². The molecule has 1 aliphatic heterocycles. The van der Waals surface area contributed by atoms with Crippen LogP contribution in [0.1, 0.15) is 26.7 Å². The second-order valence-corrected chi connectivity index (χ2v) is 8.43. The van der Waals surface area contributed by atoms with E-state index in [-0.39, 0.29) is 18.4 Å². The van der Waals surface area contributed by atoms with Crippen molar-refractivity contribution in [2.24, 2.45) is 5.92 Å². The Morgan fingerprint density at radius 1 is 1.29 bits per heavy atom. The highest BCUT2D eigenvalue weighted by molar-refractivity contribution is 7.90. The van der Waals surface area contributed by atoms with Crippen LogP contribution in [0, 0.1) is 5.92 Å². The minimum absolute atomic E-state index is 0.124. The molecule has 0 spiro atoms. The van der Waals surface area contributed by atoms with Gasteiger partial charge in [-0.25, -0.2) is 0 Å². The number of rotatable bonds is 10. The molecule has 1 atom stereocenters. The molecule has 0 bridgehead atoms. The van der Waals surface area contributed by atoms with Crippen molar-refractivity contribution in [2.45, 2.75) is 26.7 Å². The average molecular weight is 414 g/mol. The van der Waals surface area contributed by atoms with Crippen LogP contribution < -0.4 is 14.4 Å². The third-order valence-corrected chi connectivity index (χ3v) is 6.70. The molecule has 1 fully saturated rings. The summed E-state index contributed by atoms with van der Waals surface area (Å²) in [5, 5.41) is 2.81. The van der Waals surface area contributed by atoms with Crippen molar-refractivity contribution in [3.8, 4) is 5.75 Å². The first-order valence-electron chi connectivity index (χ1n) is 9.71. The van der Waals surface area contributed by atoms with Gasteiger partial charge in [-0.1, -0.05) is 0 Å². The summed E-state index contributed by atoms with van der Waals surface area (Å²) in [6, 6.07) is 7.01. The van der Waals surface area contributed by atoms with Gasteiger partial charge in [-0.3, -0.25) is 9.10 Å². The second kappa shape index (κ2) is 10.6. The molecule has 2 rings (SSSR count). The fourth-order valence-corrected chi connectivity index (χ4v) is 5.00. The van der Waals surface area contributed by atoms with Gasteiger partial charge in [-0.05, 0) is 51.0 Å². The van der Waals surface area contributed by atoms with E-state index in [2.05, 4.69) is 5.32 Å². The SMILES string of the molecule is CCOc1ccc(N(CC)S(=O)(=O)N2CCCC(C(=O)NCCOC)C2)cc1. The lowest BCUT2D eigenvalue weighted by molar-refractivity contribution is -0.126. The maximum Gasteiger partial charge on any atom is 0.304 e. The van der Waals surface area contributed by atoms with E-state index >= 15 is 0 Å². The van der Waals surface area contributed by atoms with Gasteiger partial charge in [0.15, 0.2) is 0 Å². The first kappa shape index (κ1) is 22.4. The molecule has 1 amide bonds. The smallest absolute Gasteiger partial charge is 0.304 e. The van der Waals surface area contributed by atoms with Crippen LogP contribution in [0.5, 0.6) is 5.75 Å². The minimum atomic E-state index is -3.72. The van der Waals surface area contributed by atoms with Gasteiger partial charge in [-0.15, -0.1) is 0 Å². The molecule has 1 aromatic carbocycles. The Balaban J connectivity index is 2.10. The Morgan fingerprint density at radius 3 is 2.61 bits per heavy atom. The average Bonchev–Trinajstić information content (AvgIpc) is 2.70. The van der Waals surface area contributed by atoms with E-state index in [1.165, 1.54) is 8.61 Å². The molecular formula is C19H31N3O5S. The Kier molecular flexibility index (Phi) is 8.53. The summed E-state index contributed by atoms with van der Waals surface area (Å²) in [5.74, 6) is 0.228. The Morgan fingerprint density at radius 2 is 2.00 bits per heavy atom. The van der Waals surface area contributed by atoms with Crippen LogP contribution in [0.2, 0.25) is 0 Å². The van der Waals surface area contributed by atoms with E-state index in [1.54, 1.807) is 38.3 Å².